The van der Waals surface area contributed by atoms with Crippen LogP contribution in [0.15, 0.2) is 18.2 Å². The van der Waals surface area contributed by atoms with Gasteiger partial charge >= 0.3 is 0 Å². The number of hydrogen-bond donors (Lipinski definition) is 1. The van der Waals surface area contributed by atoms with Gasteiger partial charge < -0.3 is 5.32 Å². The predicted molar refractivity (Wildman–Crippen MR) is 82.6 cm³/mol. The Bertz CT molecular complexity index is 394. The summed E-state index contributed by atoms with van der Waals surface area (Å²) in [4.78, 5) is 2.67. The summed E-state index contributed by atoms with van der Waals surface area (Å²) in [7, 11) is 0. The van der Waals surface area contributed by atoms with Crippen LogP contribution in [-0.2, 0) is 0 Å². The Balaban J connectivity index is 2.19. The van der Waals surface area contributed by atoms with E-state index in [1.165, 1.54) is 43.5 Å². The van der Waals surface area contributed by atoms with Gasteiger partial charge in [-0.1, -0.05) is 43.5 Å². The summed E-state index contributed by atoms with van der Waals surface area (Å²) in [6.07, 6.45) is 3.90. The van der Waals surface area contributed by atoms with Gasteiger partial charge in [0.1, 0.15) is 0 Å². The molecular weight excluding hydrogens is 232 g/mol. The Hall–Kier alpha value is -0.860. The Labute approximate surface area is 118 Å². The first-order chi connectivity index (χ1) is 9.22. The third-order valence-electron chi connectivity index (χ3n) is 4.21. The fourth-order valence-corrected chi connectivity index (χ4v) is 3.13. The zero-order chi connectivity index (χ0) is 13.7. The average Bonchev–Trinajstić information content (AvgIpc) is 2.42. The van der Waals surface area contributed by atoms with Crippen molar-refractivity contribution in [2.24, 2.45) is 0 Å². The summed E-state index contributed by atoms with van der Waals surface area (Å²) in [6, 6.07) is 7.56. The van der Waals surface area contributed by atoms with E-state index in [1.807, 2.05) is 0 Å². The summed E-state index contributed by atoms with van der Waals surface area (Å²) in [6.45, 7) is 11.4. The Kier molecular flexibility index (Phi) is 5.41. The zero-order valence-corrected chi connectivity index (χ0v) is 12.7. The molecule has 2 heteroatoms. The highest BCUT2D eigenvalue weighted by Gasteiger charge is 2.22. The van der Waals surface area contributed by atoms with Gasteiger partial charge in [0.05, 0.1) is 0 Å². The molecule has 1 N–H and O–H groups in total. The zero-order valence-electron chi connectivity index (χ0n) is 12.7. The second-order valence-electron chi connectivity index (χ2n) is 5.80. The molecule has 1 atom stereocenters. The van der Waals surface area contributed by atoms with Gasteiger partial charge in [0.25, 0.3) is 0 Å². The summed E-state index contributed by atoms with van der Waals surface area (Å²) in [5.41, 5.74) is 4.37. The van der Waals surface area contributed by atoms with E-state index >= 15 is 0 Å². The number of hydrogen-bond acceptors (Lipinski definition) is 2. The highest BCUT2D eigenvalue weighted by atomic mass is 15.2. The molecule has 1 aromatic carbocycles. The second kappa shape index (κ2) is 7.06. The molecule has 0 saturated carbocycles. The van der Waals surface area contributed by atoms with Crippen LogP contribution >= 0.6 is 0 Å². The Morgan fingerprint density at radius 3 is 2.58 bits per heavy atom. The molecule has 0 aromatic heterocycles. The van der Waals surface area contributed by atoms with E-state index in [4.69, 9.17) is 0 Å². The first-order valence-corrected chi connectivity index (χ1v) is 7.74. The van der Waals surface area contributed by atoms with E-state index in [0.717, 1.165) is 13.1 Å². The lowest BCUT2D eigenvalue weighted by Crippen LogP contribution is -2.45. The molecule has 0 amide bonds. The molecule has 1 aliphatic heterocycles. The third kappa shape index (κ3) is 3.80. The molecule has 1 fully saturated rings. The summed E-state index contributed by atoms with van der Waals surface area (Å²) in [5.74, 6) is 0. The van der Waals surface area contributed by atoms with Gasteiger partial charge in [0.15, 0.2) is 0 Å². The molecule has 1 saturated heterocycles. The van der Waals surface area contributed by atoms with Gasteiger partial charge in [0.2, 0.25) is 0 Å². The molecule has 106 valence electrons. The van der Waals surface area contributed by atoms with E-state index in [-0.39, 0.29) is 0 Å². The molecule has 0 aliphatic carbocycles. The third-order valence-corrected chi connectivity index (χ3v) is 4.21. The van der Waals surface area contributed by atoms with E-state index in [0.29, 0.717) is 6.04 Å². The lowest BCUT2D eigenvalue weighted by Gasteiger charge is -2.36. The monoisotopic (exact) mass is 260 g/mol. The molecule has 1 aromatic rings. The molecule has 0 bridgehead atoms. The number of nitrogens with zero attached hydrogens (tertiary/aromatic N) is 1. The molecular formula is C17H28N2. The number of benzene rings is 1. The lowest BCUT2D eigenvalue weighted by atomic mass is 9.94. The highest BCUT2D eigenvalue weighted by Crippen LogP contribution is 2.29. The van der Waals surface area contributed by atoms with Crippen molar-refractivity contribution >= 4 is 0 Å². The van der Waals surface area contributed by atoms with Gasteiger partial charge in [-0.05, 0) is 31.4 Å². The number of rotatable bonds is 5. The maximum absolute atomic E-state index is 3.46. The Morgan fingerprint density at radius 2 is 1.95 bits per heavy atom. The van der Waals surface area contributed by atoms with Gasteiger partial charge in [-0.3, -0.25) is 4.90 Å². The van der Waals surface area contributed by atoms with Gasteiger partial charge in [0, 0.05) is 32.2 Å². The van der Waals surface area contributed by atoms with Crippen LogP contribution in [0.25, 0.3) is 0 Å². The minimum absolute atomic E-state index is 0.614. The van der Waals surface area contributed by atoms with Crippen LogP contribution in [-0.4, -0.2) is 31.1 Å². The fourth-order valence-electron chi connectivity index (χ4n) is 3.13. The van der Waals surface area contributed by atoms with Crippen LogP contribution in [0.2, 0.25) is 0 Å². The maximum atomic E-state index is 3.46. The van der Waals surface area contributed by atoms with Crippen LogP contribution in [0.4, 0.5) is 0 Å². The van der Waals surface area contributed by atoms with Crippen LogP contribution in [0, 0.1) is 13.8 Å². The molecule has 2 nitrogen and oxygen atoms in total. The Morgan fingerprint density at radius 1 is 1.21 bits per heavy atom. The van der Waals surface area contributed by atoms with Crippen LogP contribution in [0.5, 0.6) is 0 Å². The van der Waals surface area contributed by atoms with Crippen molar-refractivity contribution in [3.05, 3.63) is 34.9 Å². The van der Waals surface area contributed by atoms with Gasteiger partial charge in [-0.15, -0.1) is 0 Å². The topological polar surface area (TPSA) is 15.3 Å². The summed E-state index contributed by atoms with van der Waals surface area (Å²) >= 11 is 0. The van der Waals surface area contributed by atoms with Crippen LogP contribution < -0.4 is 5.32 Å². The van der Waals surface area contributed by atoms with Crippen molar-refractivity contribution in [2.75, 3.05) is 26.2 Å². The summed E-state index contributed by atoms with van der Waals surface area (Å²) in [5, 5.41) is 3.46. The second-order valence-corrected chi connectivity index (χ2v) is 5.80. The lowest BCUT2D eigenvalue weighted by molar-refractivity contribution is 0.162. The molecule has 2 rings (SSSR count). The predicted octanol–water partition coefficient (Wildman–Crippen LogP) is 3.44. The fraction of sp³-hybridized carbons (Fsp3) is 0.647. The van der Waals surface area contributed by atoms with Crippen molar-refractivity contribution in [3.63, 3.8) is 0 Å². The standard InChI is InChI=1S/C17H28N2/c1-4-5-6-17(19-11-9-18-10-12-19)16-8-7-14(2)13-15(16)3/h7-8,13,17-18H,4-6,9-12H2,1-3H3/t17-/m0/s1. The quantitative estimate of drug-likeness (QED) is 0.872. The summed E-state index contributed by atoms with van der Waals surface area (Å²) < 4.78 is 0. The number of unbranched alkanes of at least 4 members (excludes halogenated alkanes) is 1. The van der Waals surface area contributed by atoms with Crippen molar-refractivity contribution in [1.82, 2.24) is 10.2 Å². The number of piperazine rings is 1. The molecule has 0 radical (unpaired) electrons. The average molecular weight is 260 g/mol. The smallest absolute Gasteiger partial charge is 0.0351 e. The molecule has 19 heavy (non-hydrogen) atoms. The molecule has 1 aliphatic rings. The normalized spacial score (nSPS) is 18.5. The SMILES string of the molecule is CCCC[C@@H](c1ccc(C)cc1C)N1CCNCC1. The van der Waals surface area contributed by atoms with Crippen molar-refractivity contribution < 1.29 is 0 Å². The number of nitrogens with one attached hydrogen (secondary N) is 1. The van der Waals surface area contributed by atoms with Crippen molar-refractivity contribution in [1.29, 1.82) is 0 Å². The minimum Gasteiger partial charge on any atom is -0.314 e. The van der Waals surface area contributed by atoms with Crippen molar-refractivity contribution in [3.8, 4) is 0 Å². The van der Waals surface area contributed by atoms with Gasteiger partial charge in [-0.2, -0.15) is 0 Å². The van der Waals surface area contributed by atoms with Crippen LogP contribution in [0.1, 0.15) is 48.9 Å². The van der Waals surface area contributed by atoms with Crippen LogP contribution in [0.3, 0.4) is 0 Å². The molecule has 1 heterocycles. The van der Waals surface area contributed by atoms with Crippen molar-refractivity contribution in [2.45, 2.75) is 46.1 Å². The minimum atomic E-state index is 0.614. The highest BCUT2D eigenvalue weighted by molar-refractivity contribution is 5.33. The van der Waals surface area contributed by atoms with Gasteiger partial charge in [-0.25, -0.2) is 0 Å². The largest absolute Gasteiger partial charge is 0.314 e. The van der Waals surface area contributed by atoms with E-state index < -0.39 is 0 Å². The first kappa shape index (κ1) is 14.5. The van der Waals surface area contributed by atoms with E-state index in [9.17, 15) is 0 Å². The molecule has 0 spiro atoms. The van der Waals surface area contributed by atoms with E-state index in [2.05, 4.69) is 49.2 Å². The first-order valence-electron chi connectivity index (χ1n) is 7.74. The maximum Gasteiger partial charge on any atom is 0.0351 e. The van der Waals surface area contributed by atoms with E-state index in [1.54, 1.807) is 5.56 Å². The molecule has 0 unspecified atom stereocenters. The number of aryl methyl sites for hydroxylation is 2.